The molecule has 2 aromatic heterocycles. The Kier molecular flexibility index (Phi) is 11.2. The number of hydrogen-bond acceptors (Lipinski definition) is 9. The van der Waals surface area contributed by atoms with Gasteiger partial charge in [-0.1, -0.05) is 20.8 Å². The van der Waals surface area contributed by atoms with Gasteiger partial charge in [0.15, 0.2) is 0 Å². The predicted molar refractivity (Wildman–Crippen MR) is 153 cm³/mol. The molecule has 236 valence electrons. The maximum Gasteiger partial charge on any atom is 0.433 e. The Balaban J connectivity index is 0.000000557. The molecule has 0 spiro atoms. The summed E-state index contributed by atoms with van der Waals surface area (Å²) in [5.74, 6) is -1.21. The molecule has 2 aromatic rings. The van der Waals surface area contributed by atoms with Crippen molar-refractivity contribution < 1.29 is 33.0 Å². The van der Waals surface area contributed by atoms with Crippen LogP contribution in [0.25, 0.3) is 0 Å². The Labute approximate surface area is 247 Å². The van der Waals surface area contributed by atoms with Crippen LogP contribution >= 0.6 is 0 Å². The number of carboxylic acids is 2. The van der Waals surface area contributed by atoms with E-state index in [1.54, 1.807) is 4.57 Å². The van der Waals surface area contributed by atoms with E-state index in [0.29, 0.717) is 37.6 Å². The van der Waals surface area contributed by atoms with Crippen LogP contribution in [0.3, 0.4) is 0 Å². The number of carbonyl (C=O) groups is 2. The van der Waals surface area contributed by atoms with Gasteiger partial charge < -0.3 is 20.0 Å². The molecule has 2 fully saturated rings. The quantitative estimate of drug-likeness (QED) is 0.320. The highest BCUT2D eigenvalue weighted by Gasteiger charge is 2.36. The van der Waals surface area contributed by atoms with Crippen LogP contribution in [-0.4, -0.2) is 92.4 Å². The Hall–Kier alpha value is -4.01. The van der Waals surface area contributed by atoms with Crippen LogP contribution in [0.4, 0.5) is 24.8 Å². The van der Waals surface area contributed by atoms with Crippen molar-refractivity contribution in [2.45, 2.75) is 58.2 Å². The first kappa shape index (κ1) is 33.5. The summed E-state index contributed by atoms with van der Waals surface area (Å²) in [6.45, 7) is 11.6. The van der Waals surface area contributed by atoms with Gasteiger partial charge in [-0.15, -0.1) is 0 Å². The first-order chi connectivity index (χ1) is 20.1. The Bertz CT molecular complexity index is 1300. The average Bonchev–Trinajstić information content (AvgIpc) is 2.89. The summed E-state index contributed by atoms with van der Waals surface area (Å²) in [6.07, 6.45) is 1.37. The minimum atomic E-state index is -4.51. The molecule has 12 nitrogen and oxygen atoms in total. The lowest BCUT2D eigenvalue weighted by molar-refractivity contribution is -0.141. The van der Waals surface area contributed by atoms with Gasteiger partial charge >= 0.3 is 23.8 Å². The molecule has 0 aliphatic carbocycles. The average molecular weight is 610 g/mol. The Morgan fingerprint density at radius 3 is 1.93 bits per heavy atom. The van der Waals surface area contributed by atoms with E-state index in [1.165, 1.54) is 0 Å². The molecule has 0 aromatic carbocycles. The van der Waals surface area contributed by atoms with Crippen molar-refractivity contribution in [2.24, 2.45) is 0 Å². The van der Waals surface area contributed by atoms with Gasteiger partial charge in [0.05, 0.1) is 0 Å². The molecule has 0 bridgehead atoms. The van der Waals surface area contributed by atoms with Crippen molar-refractivity contribution in [1.29, 1.82) is 0 Å². The van der Waals surface area contributed by atoms with E-state index >= 15 is 0 Å². The number of aromatic nitrogens is 4. The summed E-state index contributed by atoms with van der Waals surface area (Å²) in [5.41, 5.74) is -1.68. The maximum atomic E-state index is 13.4. The standard InChI is InChI=1S/C24H34F3N7O.C4H4O4/c1-23(2,3)21-28-18(24(25,26)27)17-20(29-21)33-15-13-31(14-16-33)8-4-5-9-34-12-7-19(30-22(34)35)32-10-6-11-32;5-3(6)1-2-4(7)8/h7,12,17H,4-6,8-11,13-16H2,1-3H3;1-2H,(H,5,6)(H,7,8). The van der Waals surface area contributed by atoms with Gasteiger partial charge in [-0.3, -0.25) is 9.47 Å². The number of aryl methyl sites for hydroxylation is 1. The third-order valence-corrected chi connectivity index (χ3v) is 6.90. The first-order valence-corrected chi connectivity index (χ1v) is 14.0. The molecule has 4 heterocycles. The molecule has 0 radical (unpaired) electrons. The summed E-state index contributed by atoms with van der Waals surface area (Å²) >= 11 is 0. The largest absolute Gasteiger partial charge is 0.478 e. The lowest BCUT2D eigenvalue weighted by Crippen LogP contribution is -2.47. The number of carboxylic acid groups (broad SMARTS) is 2. The van der Waals surface area contributed by atoms with E-state index in [1.807, 2.05) is 37.9 Å². The summed E-state index contributed by atoms with van der Waals surface area (Å²) in [6, 6.07) is 2.96. The van der Waals surface area contributed by atoms with Crippen LogP contribution in [0.2, 0.25) is 0 Å². The van der Waals surface area contributed by atoms with Crippen LogP contribution in [0.1, 0.15) is 51.6 Å². The molecular weight excluding hydrogens is 571 g/mol. The smallest absolute Gasteiger partial charge is 0.433 e. The molecule has 2 aliphatic heterocycles. The predicted octanol–water partition coefficient (Wildman–Crippen LogP) is 2.87. The molecule has 15 heteroatoms. The second-order valence-corrected chi connectivity index (χ2v) is 11.3. The van der Waals surface area contributed by atoms with Crippen molar-refractivity contribution in [2.75, 3.05) is 55.6 Å². The molecule has 43 heavy (non-hydrogen) atoms. The minimum absolute atomic E-state index is 0.201. The van der Waals surface area contributed by atoms with E-state index in [-0.39, 0.29) is 11.5 Å². The number of anilines is 2. The summed E-state index contributed by atoms with van der Waals surface area (Å²) in [4.78, 5) is 50.1. The van der Waals surface area contributed by atoms with E-state index in [2.05, 4.69) is 24.8 Å². The van der Waals surface area contributed by atoms with Crippen molar-refractivity contribution in [3.8, 4) is 0 Å². The van der Waals surface area contributed by atoms with Crippen LogP contribution in [0.15, 0.2) is 35.3 Å². The van der Waals surface area contributed by atoms with E-state index in [4.69, 9.17) is 10.2 Å². The zero-order valence-corrected chi connectivity index (χ0v) is 24.5. The van der Waals surface area contributed by atoms with Crippen molar-refractivity contribution in [1.82, 2.24) is 24.4 Å². The van der Waals surface area contributed by atoms with Gasteiger partial charge in [0.2, 0.25) is 0 Å². The van der Waals surface area contributed by atoms with E-state index < -0.39 is 29.2 Å². The second-order valence-electron chi connectivity index (χ2n) is 11.3. The minimum Gasteiger partial charge on any atom is -0.478 e. The lowest BCUT2D eigenvalue weighted by Gasteiger charge is -2.36. The Morgan fingerprint density at radius 2 is 1.44 bits per heavy atom. The number of hydrogen-bond donors (Lipinski definition) is 2. The summed E-state index contributed by atoms with van der Waals surface area (Å²) in [5, 5.41) is 15.6. The monoisotopic (exact) mass is 609 g/mol. The van der Waals surface area contributed by atoms with Gasteiger partial charge in [-0.05, 0) is 31.9 Å². The number of rotatable bonds is 9. The van der Waals surface area contributed by atoms with E-state index in [9.17, 15) is 27.6 Å². The molecule has 2 N–H and O–H groups in total. The highest BCUT2D eigenvalue weighted by atomic mass is 19.4. The second kappa shape index (κ2) is 14.4. The number of unbranched alkanes of at least 4 members (excludes halogenated alkanes) is 1. The molecular formula is C28H38F3N7O5. The van der Waals surface area contributed by atoms with E-state index in [0.717, 1.165) is 63.9 Å². The number of alkyl halides is 3. The molecule has 4 rings (SSSR count). The molecule has 0 amide bonds. The van der Waals surface area contributed by atoms with Gasteiger partial charge in [0.25, 0.3) is 0 Å². The van der Waals surface area contributed by atoms with Crippen LogP contribution in [-0.2, 0) is 27.7 Å². The fraction of sp³-hybridized carbons (Fsp3) is 0.571. The Morgan fingerprint density at radius 1 is 0.860 bits per heavy atom. The normalized spacial score (nSPS) is 16.0. The zero-order valence-electron chi connectivity index (χ0n) is 24.5. The number of halogens is 3. The van der Waals surface area contributed by atoms with Gasteiger partial charge in [0, 0.05) is 75.6 Å². The third-order valence-electron chi connectivity index (χ3n) is 6.90. The van der Waals surface area contributed by atoms with Crippen LogP contribution in [0, 0.1) is 0 Å². The summed E-state index contributed by atoms with van der Waals surface area (Å²) < 4.78 is 41.9. The molecule has 2 aliphatic rings. The van der Waals surface area contributed by atoms with Crippen molar-refractivity contribution in [3.63, 3.8) is 0 Å². The van der Waals surface area contributed by atoms with Gasteiger partial charge in [-0.25, -0.2) is 24.4 Å². The molecule has 0 atom stereocenters. The number of aliphatic carboxylic acids is 2. The molecule has 0 saturated carbocycles. The van der Waals surface area contributed by atoms with Gasteiger partial charge in [0.1, 0.15) is 23.2 Å². The van der Waals surface area contributed by atoms with Crippen molar-refractivity contribution >= 4 is 23.6 Å². The van der Waals surface area contributed by atoms with Crippen molar-refractivity contribution in [3.05, 3.63) is 52.5 Å². The van der Waals surface area contributed by atoms with Crippen LogP contribution < -0.4 is 15.5 Å². The number of nitrogens with zero attached hydrogens (tertiary/aromatic N) is 7. The highest BCUT2D eigenvalue weighted by molar-refractivity contribution is 5.89. The molecule has 0 unspecified atom stereocenters. The highest BCUT2D eigenvalue weighted by Crippen LogP contribution is 2.32. The fourth-order valence-corrected chi connectivity index (χ4v) is 4.35. The van der Waals surface area contributed by atoms with Gasteiger partial charge in [-0.2, -0.15) is 18.2 Å². The molecule has 2 saturated heterocycles. The zero-order chi connectivity index (χ0) is 31.8. The SMILES string of the molecule is CC(C)(C)c1nc(N2CCN(CCCCn3ccc(N4CCC4)nc3=O)CC2)cc(C(F)(F)F)n1.O=C(O)C=CC(=O)O. The fourth-order valence-electron chi connectivity index (χ4n) is 4.35. The lowest BCUT2D eigenvalue weighted by atomic mass is 9.95. The summed E-state index contributed by atoms with van der Waals surface area (Å²) in [7, 11) is 0. The van der Waals surface area contributed by atoms with Crippen LogP contribution in [0.5, 0.6) is 0 Å². The number of piperazine rings is 1. The third kappa shape index (κ3) is 10.3. The topological polar surface area (TPSA) is 145 Å². The first-order valence-electron chi connectivity index (χ1n) is 14.0. The maximum absolute atomic E-state index is 13.4.